The fourth-order valence-electron chi connectivity index (χ4n) is 4.37. The lowest BCUT2D eigenvalue weighted by molar-refractivity contribution is -0.384. The van der Waals surface area contributed by atoms with Crippen molar-refractivity contribution < 1.29 is 9.72 Å². The van der Waals surface area contributed by atoms with Gasteiger partial charge in [-0.15, -0.1) is 0 Å². The molecular formula is C18H21N5O3. The molecule has 0 spiro atoms. The third kappa shape index (κ3) is 2.95. The molecule has 1 aliphatic carbocycles. The number of hydrogen-bond donors (Lipinski definition) is 0. The number of carbonyl (C=O) groups excluding carboxylic acids is 1. The van der Waals surface area contributed by atoms with E-state index in [1.165, 1.54) is 42.7 Å². The molecule has 1 saturated carbocycles. The number of amides is 1. The number of nitro groups is 1. The minimum Gasteiger partial charge on any atom is -0.335 e. The highest BCUT2D eigenvalue weighted by molar-refractivity contribution is 5.95. The van der Waals surface area contributed by atoms with Gasteiger partial charge in [0.1, 0.15) is 18.3 Å². The molecule has 8 heteroatoms. The Morgan fingerprint density at radius 3 is 2.77 bits per heavy atom. The summed E-state index contributed by atoms with van der Waals surface area (Å²) in [6, 6.07) is 4.87. The highest BCUT2D eigenvalue weighted by Crippen LogP contribution is 2.36. The summed E-state index contributed by atoms with van der Waals surface area (Å²) in [5.41, 5.74) is 0.531. The maximum absolute atomic E-state index is 13.1. The molecule has 1 aromatic carbocycles. The van der Waals surface area contributed by atoms with E-state index in [2.05, 4.69) is 10.1 Å². The van der Waals surface area contributed by atoms with Gasteiger partial charge in [-0.1, -0.05) is 12.8 Å². The quantitative estimate of drug-likeness (QED) is 0.623. The number of hydrogen-bond acceptors (Lipinski definition) is 5. The summed E-state index contributed by atoms with van der Waals surface area (Å²) in [5, 5.41) is 15.5. The first-order chi connectivity index (χ1) is 12.6. The molecule has 1 saturated heterocycles. The van der Waals surface area contributed by atoms with Crippen molar-refractivity contribution in [3.63, 3.8) is 0 Å². The van der Waals surface area contributed by atoms with Gasteiger partial charge in [-0.05, 0) is 43.7 Å². The van der Waals surface area contributed by atoms with E-state index in [-0.39, 0.29) is 17.6 Å². The van der Waals surface area contributed by atoms with Crippen molar-refractivity contribution in [2.45, 2.75) is 44.6 Å². The van der Waals surface area contributed by atoms with Gasteiger partial charge in [-0.2, -0.15) is 5.10 Å². The first-order valence-electron chi connectivity index (χ1n) is 9.09. The van der Waals surface area contributed by atoms with Crippen molar-refractivity contribution in [1.82, 2.24) is 19.7 Å². The minimum atomic E-state index is -0.479. The van der Waals surface area contributed by atoms with Crippen LogP contribution in [0.25, 0.3) is 5.69 Å². The number of piperidine rings is 1. The summed E-state index contributed by atoms with van der Waals surface area (Å²) in [4.78, 5) is 29.9. The molecule has 0 radical (unpaired) electrons. The van der Waals surface area contributed by atoms with Crippen LogP contribution < -0.4 is 0 Å². The Morgan fingerprint density at radius 2 is 2.00 bits per heavy atom. The molecule has 26 heavy (non-hydrogen) atoms. The topological polar surface area (TPSA) is 94.2 Å². The first kappa shape index (κ1) is 16.7. The number of carbonyl (C=O) groups is 1. The molecule has 0 N–H and O–H groups in total. The van der Waals surface area contributed by atoms with Crippen LogP contribution in [0.2, 0.25) is 0 Å². The lowest BCUT2D eigenvalue weighted by Crippen LogP contribution is -2.49. The van der Waals surface area contributed by atoms with E-state index in [0.29, 0.717) is 17.2 Å². The number of rotatable bonds is 3. The predicted molar refractivity (Wildman–Crippen MR) is 94.0 cm³/mol. The summed E-state index contributed by atoms with van der Waals surface area (Å²) in [6.45, 7) is 0.735. The molecule has 136 valence electrons. The van der Waals surface area contributed by atoms with Gasteiger partial charge in [0.15, 0.2) is 0 Å². The van der Waals surface area contributed by atoms with Gasteiger partial charge in [-0.25, -0.2) is 9.67 Å². The third-order valence-electron chi connectivity index (χ3n) is 5.59. The fourth-order valence-corrected chi connectivity index (χ4v) is 4.37. The Balaban J connectivity index is 1.65. The van der Waals surface area contributed by atoms with Crippen LogP contribution in [0.15, 0.2) is 30.9 Å². The van der Waals surface area contributed by atoms with Crippen LogP contribution >= 0.6 is 0 Å². The Hall–Kier alpha value is -2.77. The van der Waals surface area contributed by atoms with Gasteiger partial charge in [-0.3, -0.25) is 14.9 Å². The highest BCUT2D eigenvalue weighted by atomic mass is 16.6. The minimum absolute atomic E-state index is 0.102. The molecule has 2 aliphatic rings. The highest BCUT2D eigenvalue weighted by Gasteiger charge is 2.36. The molecule has 2 heterocycles. The van der Waals surface area contributed by atoms with Crippen molar-refractivity contribution in [2.24, 2.45) is 5.92 Å². The van der Waals surface area contributed by atoms with E-state index in [4.69, 9.17) is 0 Å². The SMILES string of the molecule is O=C(c1ccc(-n2cncn2)c([N+](=O)[O-])c1)N1CCC[C@@H]2CCCC[C@H]21. The van der Waals surface area contributed by atoms with Gasteiger partial charge < -0.3 is 4.90 Å². The molecule has 2 fully saturated rings. The van der Waals surface area contributed by atoms with E-state index in [0.717, 1.165) is 25.8 Å². The van der Waals surface area contributed by atoms with E-state index in [9.17, 15) is 14.9 Å². The predicted octanol–water partition coefficient (Wildman–Crippen LogP) is 2.97. The lowest BCUT2D eigenvalue weighted by Gasteiger charge is -2.44. The molecule has 1 aromatic heterocycles. The maximum atomic E-state index is 13.1. The molecule has 4 rings (SSSR count). The standard InChI is InChI=1S/C18H21N5O3/c24-18(21-9-3-5-13-4-1-2-6-15(13)21)14-7-8-16(17(10-14)23(25)26)22-12-19-11-20-22/h7-8,10-13,15H,1-6,9H2/t13-,15+/m0/s1. The zero-order chi connectivity index (χ0) is 18.1. The molecule has 0 bridgehead atoms. The van der Waals surface area contributed by atoms with Crippen LogP contribution in [0.1, 0.15) is 48.9 Å². The molecule has 2 aromatic rings. The van der Waals surface area contributed by atoms with Crippen LogP contribution in [-0.2, 0) is 0 Å². The summed E-state index contributed by atoms with van der Waals surface area (Å²) in [7, 11) is 0. The van der Waals surface area contributed by atoms with Gasteiger partial charge in [0, 0.05) is 24.2 Å². The van der Waals surface area contributed by atoms with Gasteiger partial charge in [0.05, 0.1) is 4.92 Å². The molecule has 2 atom stereocenters. The monoisotopic (exact) mass is 355 g/mol. The Kier molecular flexibility index (Phi) is 4.40. The molecular weight excluding hydrogens is 334 g/mol. The van der Waals surface area contributed by atoms with Crippen molar-refractivity contribution >= 4 is 11.6 Å². The third-order valence-corrected chi connectivity index (χ3v) is 5.59. The van der Waals surface area contributed by atoms with Crippen molar-refractivity contribution in [3.05, 3.63) is 46.5 Å². The molecule has 1 amide bonds. The normalized spacial score (nSPS) is 22.7. The number of aromatic nitrogens is 3. The number of fused-ring (bicyclic) bond motifs is 1. The second-order valence-corrected chi connectivity index (χ2v) is 7.05. The maximum Gasteiger partial charge on any atom is 0.295 e. The van der Waals surface area contributed by atoms with E-state index >= 15 is 0 Å². The molecule has 0 unspecified atom stereocenters. The summed E-state index contributed by atoms with van der Waals surface area (Å²) >= 11 is 0. The van der Waals surface area contributed by atoms with E-state index in [1.807, 2.05) is 4.90 Å². The number of benzene rings is 1. The second kappa shape index (κ2) is 6.86. The van der Waals surface area contributed by atoms with Crippen LogP contribution in [0, 0.1) is 16.0 Å². The van der Waals surface area contributed by atoms with Crippen molar-refractivity contribution in [1.29, 1.82) is 0 Å². The Morgan fingerprint density at radius 1 is 1.19 bits per heavy atom. The van der Waals surface area contributed by atoms with Gasteiger partial charge in [0.2, 0.25) is 0 Å². The largest absolute Gasteiger partial charge is 0.335 e. The average Bonchev–Trinajstić information content (AvgIpc) is 3.21. The first-order valence-corrected chi connectivity index (χ1v) is 9.09. The Labute approximate surface area is 151 Å². The average molecular weight is 355 g/mol. The summed E-state index contributed by atoms with van der Waals surface area (Å²) in [6.07, 6.45) is 9.51. The fraction of sp³-hybridized carbons (Fsp3) is 0.500. The van der Waals surface area contributed by atoms with Crippen LogP contribution in [0.3, 0.4) is 0 Å². The van der Waals surface area contributed by atoms with E-state index < -0.39 is 4.92 Å². The van der Waals surface area contributed by atoms with Crippen LogP contribution in [0.4, 0.5) is 5.69 Å². The van der Waals surface area contributed by atoms with Crippen LogP contribution in [0.5, 0.6) is 0 Å². The van der Waals surface area contributed by atoms with Crippen LogP contribution in [-0.4, -0.2) is 43.1 Å². The zero-order valence-corrected chi connectivity index (χ0v) is 14.5. The summed E-state index contributed by atoms with van der Waals surface area (Å²) in [5.74, 6) is 0.473. The Bertz CT molecular complexity index is 818. The summed E-state index contributed by atoms with van der Waals surface area (Å²) < 4.78 is 1.34. The van der Waals surface area contributed by atoms with Gasteiger partial charge >= 0.3 is 0 Å². The lowest BCUT2D eigenvalue weighted by atomic mass is 9.78. The molecule has 1 aliphatic heterocycles. The second-order valence-electron chi connectivity index (χ2n) is 7.05. The smallest absolute Gasteiger partial charge is 0.295 e. The van der Waals surface area contributed by atoms with Gasteiger partial charge in [0.25, 0.3) is 11.6 Å². The molecule has 8 nitrogen and oxygen atoms in total. The van der Waals surface area contributed by atoms with E-state index in [1.54, 1.807) is 12.1 Å². The zero-order valence-electron chi connectivity index (χ0n) is 14.5. The number of likely N-dealkylation sites (tertiary alicyclic amines) is 1. The van der Waals surface area contributed by atoms with Crippen molar-refractivity contribution in [3.8, 4) is 5.69 Å². The number of nitrogens with zero attached hydrogens (tertiary/aromatic N) is 5. The number of nitro benzene ring substituents is 1. The van der Waals surface area contributed by atoms with Crippen molar-refractivity contribution in [2.75, 3.05) is 6.54 Å².